The average molecular weight is 701 g/mol. The molecule has 0 aliphatic carbocycles. The summed E-state index contributed by atoms with van der Waals surface area (Å²) in [5.74, 6) is -1.57. The van der Waals surface area contributed by atoms with Gasteiger partial charge in [-0.3, -0.25) is 20.4 Å². The first kappa shape index (κ1) is 34.7. The molecule has 6 rings (SSSR count). The average Bonchev–Trinajstić information content (AvgIpc) is 3.16. The van der Waals surface area contributed by atoms with Crippen molar-refractivity contribution in [3.8, 4) is 28.0 Å². The molecule has 0 saturated heterocycles. The van der Waals surface area contributed by atoms with Crippen molar-refractivity contribution in [1.29, 1.82) is 0 Å². The summed E-state index contributed by atoms with van der Waals surface area (Å²) in [6, 6.07) is 42.6. The Hall–Kier alpha value is -6.11. The van der Waals surface area contributed by atoms with Crippen molar-refractivity contribution >= 4 is 34.3 Å². The lowest BCUT2D eigenvalue weighted by Crippen LogP contribution is -2.16. The zero-order chi connectivity index (χ0) is 35.6. The molecule has 1 amide bonds. The van der Waals surface area contributed by atoms with Crippen LogP contribution < -0.4 is 15.0 Å². The summed E-state index contributed by atoms with van der Waals surface area (Å²) >= 11 is -1.96. The first-order valence-corrected chi connectivity index (χ1v) is 16.8. The maximum atomic E-state index is 13.2. The molecular weight excluding hydrogens is 669 g/mol. The molecule has 11 heteroatoms. The van der Waals surface area contributed by atoms with Gasteiger partial charge in [0.15, 0.2) is 0 Å². The number of hydrogen-bond donors (Lipinski definition) is 4. The number of rotatable bonds is 14. The van der Waals surface area contributed by atoms with Crippen LogP contribution in [0.15, 0.2) is 150 Å². The fourth-order valence-corrected chi connectivity index (χ4v) is 6.12. The Morgan fingerprint density at radius 3 is 1.98 bits per heavy atom. The number of carbonyl (C=O) groups is 2. The second kappa shape index (κ2) is 16.5. The molecule has 10 nitrogen and oxygen atoms in total. The lowest BCUT2D eigenvalue weighted by molar-refractivity contribution is -0.253. The van der Waals surface area contributed by atoms with Gasteiger partial charge in [-0.2, -0.15) is 0 Å². The van der Waals surface area contributed by atoms with E-state index in [1.54, 1.807) is 48.5 Å². The maximum Gasteiger partial charge on any atom is 0.336 e. The number of nitrogens with one attached hydrogen (secondary N) is 2. The second-order valence-electron chi connectivity index (χ2n) is 11.3. The molecule has 4 N–H and O–H groups in total. The van der Waals surface area contributed by atoms with Gasteiger partial charge in [-0.05, 0) is 81.9 Å². The molecule has 0 aliphatic rings. The minimum absolute atomic E-state index is 0.00932. The largest absolute Gasteiger partial charge is 0.478 e. The van der Waals surface area contributed by atoms with E-state index < -0.39 is 23.0 Å². The molecular formula is C40H32N2O8S. The minimum atomic E-state index is -1.96. The molecule has 1 atom stereocenters. The fourth-order valence-electron chi connectivity index (χ4n) is 5.33. The molecule has 0 aromatic heterocycles. The molecule has 6 aromatic rings. The summed E-state index contributed by atoms with van der Waals surface area (Å²) in [6.07, 6.45) is 0. The van der Waals surface area contributed by atoms with Crippen LogP contribution in [0.4, 0.5) is 11.4 Å². The van der Waals surface area contributed by atoms with Crippen molar-refractivity contribution < 1.29 is 38.1 Å². The smallest absolute Gasteiger partial charge is 0.336 e. The molecule has 0 fully saturated rings. The van der Waals surface area contributed by atoms with E-state index in [1.165, 1.54) is 18.2 Å². The number of carbonyl (C=O) groups excluding carboxylic acids is 1. The molecule has 0 aliphatic heterocycles. The van der Waals surface area contributed by atoms with Crippen LogP contribution in [0.5, 0.6) is 5.75 Å². The fraction of sp³-hybridized carbons (Fsp3) is 0.0500. The van der Waals surface area contributed by atoms with E-state index in [1.807, 2.05) is 78.9 Å². The summed E-state index contributed by atoms with van der Waals surface area (Å²) in [6.45, 7) is 0.152. The second-order valence-corrected chi connectivity index (χ2v) is 12.4. The number of anilines is 2. The third-order valence-corrected chi connectivity index (χ3v) is 8.83. The molecule has 256 valence electrons. The highest BCUT2D eigenvalue weighted by Crippen LogP contribution is 2.27. The summed E-state index contributed by atoms with van der Waals surface area (Å²) in [4.78, 5) is 35.7. The monoisotopic (exact) mass is 700 g/mol. The van der Waals surface area contributed by atoms with Crippen LogP contribution in [-0.4, -0.2) is 26.4 Å². The van der Waals surface area contributed by atoms with E-state index in [0.717, 1.165) is 27.8 Å². The quantitative estimate of drug-likeness (QED) is 0.0649. The van der Waals surface area contributed by atoms with Gasteiger partial charge in [-0.1, -0.05) is 91.0 Å². The predicted octanol–water partition coefficient (Wildman–Crippen LogP) is 8.61. The summed E-state index contributed by atoms with van der Waals surface area (Å²) in [5.41, 5.74) is 8.62. The van der Waals surface area contributed by atoms with Crippen LogP contribution in [0.1, 0.15) is 31.8 Å². The van der Waals surface area contributed by atoms with Crippen molar-refractivity contribution in [3.63, 3.8) is 0 Å². The van der Waals surface area contributed by atoms with Crippen LogP contribution in [0.25, 0.3) is 22.3 Å². The third-order valence-electron chi connectivity index (χ3n) is 7.84. The standard InChI is InChI=1S/C40H32N2O8S/c43-39(37-20-19-30(22-38(37)40(44)45)28-11-5-2-6-12-28)41-33-13-8-16-36(24-33)51(47)50-35-15-7-14-34(23-35)42-48-25-31-18-17-29(21-32(31)26-49-46)27-9-3-1-4-10-27/h1-24,42,46H,25-26H2,(H,41,43)(H,44,45). The first-order valence-electron chi connectivity index (χ1n) is 15.7. The number of benzene rings is 6. The maximum absolute atomic E-state index is 13.2. The number of aromatic carboxylic acids is 1. The van der Waals surface area contributed by atoms with Gasteiger partial charge in [-0.25, -0.2) is 13.9 Å². The molecule has 6 aromatic carbocycles. The van der Waals surface area contributed by atoms with Crippen molar-refractivity contribution in [2.45, 2.75) is 18.1 Å². The normalized spacial score (nSPS) is 11.4. The highest BCUT2D eigenvalue weighted by Gasteiger charge is 2.19. The van der Waals surface area contributed by atoms with E-state index in [9.17, 15) is 18.9 Å². The number of hydrogen-bond acceptors (Lipinski definition) is 8. The Labute approximate surface area is 296 Å². The zero-order valence-corrected chi connectivity index (χ0v) is 27.8. The van der Waals surface area contributed by atoms with Crippen molar-refractivity contribution in [3.05, 3.63) is 168 Å². The lowest BCUT2D eigenvalue weighted by Gasteiger charge is -2.13. The number of amides is 1. The van der Waals surface area contributed by atoms with Crippen molar-refractivity contribution in [2.24, 2.45) is 0 Å². The highest BCUT2D eigenvalue weighted by molar-refractivity contribution is 7.80. The Kier molecular flexibility index (Phi) is 11.3. The van der Waals surface area contributed by atoms with E-state index in [0.29, 0.717) is 22.7 Å². The minimum Gasteiger partial charge on any atom is -0.478 e. The van der Waals surface area contributed by atoms with Gasteiger partial charge in [0, 0.05) is 11.8 Å². The van der Waals surface area contributed by atoms with Gasteiger partial charge in [0.25, 0.3) is 5.91 Å². The molecule has 0 heterocycles. The van der Waals surface area contributed by atoms with Crippen molar-refractivity contribution in [1.82, 2.24) is 0 Å². The highest BCUT2D eigenvalue weighted by atomic mass is 32.2. The molecule has 0 radical (unpaired) electrons. The zero-order valence-electron chi connectivity index (χ0n) is 27.0. The number of carboxylic acid groups (broad SMARTS) is 1. The summed E-state index contributed by atoms with van der Waals surface area (Å²) in [5, 5.41) is 21.7. The van der Waals surface area contributed by atoms with Crippen LogP contribution in [-0.2, 0) is 34.0 Å². The number of carboxylic acids is 1. The van der Waals surface area contributed by atoms with Crippen LogP contribution in [0, 0.1) is 0 Å². The summed E-state index contributed by atoms with van der Waals surface area (Å²) < 4.78 is 18.9. The molecule has 0 spiro atoms. The van der Waals surface area contributed by atoms with Gasteiger partial charge in [-0.15, -0.1) is 0 Å². The van der Waals surface area contributed by atoms with Crippen LogP contribution in [0.3, 0.4) is 0 Å². The Morgan fingerprint density at radius 2 is 1.27 bits per heavy atom. The van der Waals surface area contributed by atoms with E-state index >= 15 is 0 Å². The van der Waals surface area contributed by atoms with Gasteiger partial charge in [0.2, 0.25) is 11.1 Å². The Morgan fingerprint density at radius 1 is 0.608 bits per heavy atom. The Balaban J connectivity index is 1.08. The molecule has 1 unspecified atom stereocenters. The lowest BCUT2D eigenvalue weighted by atomic mass is 9.98. The SMILES string of the molecule is O=C(O)c1cc(-c2ccccc2)ccc1C(=O)Nc1cccc(S(=O)Oc2cccc(NOCc3ccc(-c4ccccc4)cc3COO)c2)c1. The van der Waals surface area contributed by atoms with E-state index in [4.69, 9.17) is 14.3 Å². The first-order chi connectivity index (χ1) is 24.9. The molecule has 51 heavy (non-hydrogen) atoms. The van der Waals surface area contributed by atoms with Gasteiger partial charge < -0.3 is 14.6 Å². The predicted molar refractivity (Wildman–Crippen MR) is 194 cm³/mol. The van der Waals surface area contributed by atoms with Gasteiger partial charge in [0.1, 0.15) is 12.4 Å². The van der Waals surface area contributed by atoms with Gasteiger partial charge >= 0.3 is 5.97 Å². The topological polar surface area (TPSA) is 143 Å². The van der Waals surface area contributed by atoms with E-state index in [-0.39, 0.29) is 29.2 Å². The van der Waals surface area contributed by atoms with E-state index in [2.05, 4.69) is 15.7 Å². The van der Waals surface area contributed by atoms with Crippen LogP contribution >= 0.6 is 0 Å². The van der Waals surface area contributed by atoms with Crippen molar-refractivity contribution in [2.75, 3.05) is 10.8 Å². The Bertz CT molecular complexity index is 2180. The molecule has 0 saturated carbocycles. The van der Waals surface area contributed by atoms with Gasteiger partial charge in [0.05, 0.1) is 28.3 Å². The summed E-state index contributed by atoms with van der Waals surface area (Å²) in [7, 11) is 0. The third kappa shape index (κ3) is 8.93. The molecule has 0 bridgehead atoms. The van der Waals surface area contributed by atoms with Crippen LogP contribution in [0.2, 0.25) is 0 Å².